The van der Waals surface area contributed by atoms with Gasteiger partial charge in [0.05, 0.1) is 5.56 Å². The SMILES string of the molecule is CC(C)CC(=O)Nc1ccc(C(=O)COC(=O)c2cc(Br)ccc2F)cc1. The number of carbonyl (C=O) groups is 3. The summed E-state index contributed by atoms with van der Waals surface area (Å²) in [4.78, 5) is 35.8. The molecule has 2 aromatic rings. The summed E-state index contributed by atoms with van der Waals surface area (Å²) < 4.78 is 19.1. The second-order valence-electron chi connectivity index (χ2n) is 6.35. The largest absolute Gasteiger partial charge is 0.454 e. The van der Waals surface area contributed by atoms with Gasteiger partial charge in [-0.15, -0.1) is 0 Å². The van der Waals surface area contributed by atoms with Crippen molar-refractivity contribution in [3.8, 4) is 0 Å². The lowest BCUT2D eigenvalue weighted by Crippen LogP contribution is -2.16. The van der Waals surface area contributed by atoms with Gasteiger partial charge in [0.2, 0.25) is 5.91 Å². The highest BCUT2D eigenvalue weighted by molar-refractivity contribution is 9.10. The number of esters is 1. The Kier molecular flexibility index (Phi) is 7.24. The fourth-order valence-electron chi connectivity index (χ4n) is 2.27. The van der Waals surface area contributed by atoms with E-state index in [1.54, 1.807) is 12.1 Å². The zero-order valence-electron chi connectivity index (χ0n) is 14.9. The topological polar surface area (TPSA) is 72.5 Å². The van der Waals surface area contributed by atoms with Gasteiger partial charge in [0.15, 0.2) is 12.4 Å². The van der Waals surface area contributed by atoms with Crippen molar-refractivity contribution < 1.29 is 23.5 Å². The summed E-state index contributed by atoms with van der Waals surface area (Å²) >= 11 is 3.15. The van der Waals surface area contributed by atoms with Gasteiger partial charge in [-0.1, -0.05) is 29.8 Å². The molecule has 0 fully saturated rings. The van der Waals surface area contributed by atoms with E-state index < -0.39 is 24.2 Å². The summed E-state index contributed by atoms with van der Waals surface area (Å²) in [5.41, 5.74) is 0.644. The predicted molar refractivity (Wildman–Crippen MR) is 103 cm³/mol. The Bertz CT molecular complexity index is 850. The second-order valence-corrected chi connectivity index (χ2v) is 7.26. The number of benzene rings is 2. The number of ether oxygens (including phenoxy) is 1. The van der Waals surface area contributed by atoms with Gasteiger partial charge < -0.3 is 10.1 Å². The molecule has 0 saturated carbocycles. The lowest BCUT2D eigenvalue weighted by molar-refractivity contribution is -0.116. The van der Waals surface area contributed by atoms with E-state index in [1.165, 1.54) is 24.3 Å². The smallest absolute Gasteiger partial charge is 0.341 e. The first-order valence-electron chi connectivity index (χ1n) is 8.31. The van der Waals surface area contributed by atoms with Crippen LogP contribution in [-0.4, -0.2) is 24.3 Å². The van der Waals surface area contributed by atoms with Gasteiger partial charge in [-0.05, 0) is 48.4 Å². The van der Waals surface area contributed by atoms with E-state index in [1.807, 2.05) is 13.8 Å². The Morgan fingerprint density at radius 3 is 2.41 bits per heavy atom. The third kappa shape index (κ3) is 6.29. The summed E-state index contributed by atoms with van der Waals surface area (Å²) in [5, 5.41) is 2.74. The number of hydrogen-bond acceptors (Lipinski definition) is 4. The third-order valence-corrected chi connectivity index (χ3v) is 4.06. The molecule has 142 valence electrons. The molecule has 27 heavy (non-hydrogen) atoms. The predicted octanol–water partition coefficient (Wildman–Crippen LogP) is 4.61. The van der Waals surface area contributed by atoms with E-state index in [0.29, 0.717) is 22.1 Å². The van der Waals surface area contributed by atoms with Crippen LogP contribution in [0.5, 0.6) is 0 Å². The van der Waals surface area contributed by atoms with Crippen molar-refractivity contribution in [2.45, 2.75) is 20.3 Å². The Labute approximate surface area is 165 Å². The lowest BCUT2D eigenvalue weighted by Gasteiger charge is -2.08. The Balaban J connectivity index is 1.93. The molecule has 0 bridgehead atoms. The number of nitrogens with one attached hydrogen (secondary N) is 1. The highest BCUT2D eigenvalue weighted by Gasteiger charge is 2.16. The van der Waals surface area contributed by atoms with Crippen molar-refractivity contribution in [1.82, 2.24) is 0 Å². The third-order valence-electron chi connectivity index (χ3n) is 3.57. The number of carbonyl (C=O) groups excluding carboxylic acids is 3. The Morgan fingerprint density at radius 2 is 1.78 bits per heavy atom. The molecule has 0 aliphatic rings. The van der Waals surface area contributed by atoms with Crippen LogP contribution in [0, 0.1) is 11.7 Å². The fraction of sp³-hybridized carbons (Fsp3) is 0.250. The maximum absolute atomic E-state index is 13.7. The van der Waals surface area contributed by atoms with Gasteiger partial charge in [0.1, 0.15) is 5.82 Å². The zero-order valence-corrected chi connectivity index (χ0v) is 16.5. The number of amides is 1. The molecule has 0 radical (unpaired) electrons. The van der Waals surface area contributed by atoms with Crippen LogP contribution in [0.2, 0.25) is 0 Å². The molecule has 5 nitrogen and oxygen atoms in total. The molecule has 1 amide bonds. The van der Waals surface area contributed by atoms with Crippen LogP contribution < -0.4 is 5.32 Å². The summed E-state index contributed by atoms with van der Waals surface area (Å²) in [5.74, 6) is -1.93. The van der Waals surface area contributed by atoms with Crippen LogP contribution in [-0.2, 0) is 9.53 Å². The zero-order chi connectivity index (χ0) is 20.0. The first-order valence-corrected chi connectivity index (χ1v) is 9.11. The minimum atomic E-state index is -0.917. The first kappa shape index (κ1) is 20.8. The quantitative estimate of drug-likeness (QED) is 0.508. The van der Waals surface area contributed by atoms with Crippen LogP contribution in [0.3, 0.4) is 0 Å². The normalized spacial score (nSPS) is 10.6. The van der Waals surface area contributed by atoms with Crippen molar-refractivity contribution in [3.63, 3.8) is 0 Å². The van der Waals surface area contributed by atoms with Crippen LogP contribution >= 0.6 is 15.9 Å². The van der Waals surface area contributed by atoms with Crippen molar-refractivity contribution in [2.75, 3.05) is 11.9 Å². The number of hydrogen-bond donors (Lipinski definition) is 1. The van der Waals surface area contributed by atoms with E-state index in [0.717, 1.165) is 6.07 Å². The molecule has 0 aliphatic carbocycles. The molecule has 0 unspecified atom stereocenters. The number of halogens is 2. The number of Topliss-reactive ketones (excluding diaryl/α,β-unsaturated/α-hetero) is 1. The van der Waals surface area contributed by atoms with Gasteiger partial charge in [-0.3, -0.25) is 9.59 Å². The number of ketones is 1. The molecular formula is C20H19BrFNO4. The van der Waals surface area contributed by atoms with Gasteiger partial charge in [-0.25, -0.2) is 9.18 Å². The van der Waals surface area contributed by atoms with Crippen LogP contribution in [0.25, 0.3) is 0 Å². The lowest BCUT2D eigenvalue weighted by atomic mass is 10.1. The van der Waals surface area contributed by atoms with Crippen molar-refractivity contribution in [3.05, 3.63) is 63.9 Å². The van der Waals surface area contributed by atoms with Crippen LogP contribution in [0.1, 0.15) is 41.0 Å². The molecular weight excluding hydrogens is 417 g/mol. The molecule has 0 atom stereocenters. The van der Waals surface area contributed by atoms with Crippen LogP contribution in [0.4, 0.5) is 10.1 Å². The molecule has 0 spiro atoms. The molecule has 1 N–H and O–H groups in total. The number of rotatable bonds is 7. The number of anilines is 1. The summed E-state index contributed by atoms with van der Waals surface area (Å²) in [6.07, 6.45) is 0.406. The van der Waals surface area contributed by atoms with E-state index in [-0.39, 0.29) is 17.4 Å². The fourth-order valence-corrected chi connectivity index (χ4v) is 2.63. The maximum atomic E-state index is 13.7. The summed E-state index contributed by atoms with van der Waals surface area (Å²) in [6.45, 7) is 3.38. The van der Waals surface area contributed by atoms with Gasteiger partial charge in [0, 0.05) is 22.1 Å². The van der Waals surface area contributed by atoms with E-state index >= 15 is 0 Å². The van der Waals surface area contributed by atoms with Crippen molar-refractivity contribution >= 4 is 39.3 Å². The minimum absolute atomic E-state index is 0.103. The first-order chi connectivity index (χ1) is 12.8. The highest BCUT2D eigenvalue weighted by atomic mass is 79.9. The summed E-state index contributed by atoms with van der Waals surface area (Å²) in [6, 6.07) is 10.1. The van der Waals surface area contributed by atoms with E-state index in [2.05, 4.69) is 21.2 Å². The van der Waals surface area contributed by atoms with Crippen molar-refractivity contribution in [1.29, 1.82) is 0 Å². The molecule has 2 aromatic carbocycles. The molecule has 0 aromatic heterocycles. The van der Waals surface area contributed by atoms with E-state index in [9.17, 15) is 18.8 Å². The van der Waals surface area contributed by atoms with Crippen molar-refractivity contribution in [2.24, 2.45) is 5.92 Å². The van der Waals surface area contributed by atoms with E-state index in [4.69, 9.17) is 4.74 Å². The Morgan fingerprint density at radius 1 is 1.11 bits per heavy atom. The van der Waals surface area contributed by atoms with Crippen LogP contribution in [0.15, 0.2) is 46.9 Å². The highest BCUT2D eigenvalue weighted by Crippen LogP contribution is 2.17. The molecule has 7 heteroatoms. The monoisotopic (exact) mass is 435 g/mol. The average Bonchev–Trinajstić information content (AvgIpc) is 2.61. The van der Waals surface area contributed by atoms with Gasteiger partial charge in [0.25, 0.3) is 0 Å². The molecule has 0 heterocycles. The molecule has 0 aliphatic heterocycles. The Hall–Kier alpha value is -2.54. The minimum Gasteiger partial charge on any atom is -0.454 e. The average molecular weight is 436 g/mol. The van der Waals surface area contributed by atoms with Gasteiger partial charge >= 0.3 is 5.97 Å². The van der Waals surface area contributed by atoms with Gasteiger partial charge in [-0.2, -0.15) is 0 Å². The maximum Gasteiger partial charge on any atom is 0.341 e. The summed E-state index contributed by atoms with van der Waals surface area (Å²) in [7, 11) is 0. The molecule has 2 rings (SSSR count). The molecule has 0 saturated heterocycles. The standard InChI is InChI=1S/C20H19BrFNO4/c1-12(2)9-19(25)23-15-6-3-13(4-7-15)18(24)11-27-20(26)16-10-14(21)5-8-17(16)22/h3-8,10,12H,9,11H2,1-2H3,(H,23,25). The second kappa shape index (κ2) is 9.41.